The fourth-order valence-electron chi connectivity index (χ4n) is 2.60. The molecule has 8 nitrogen and oxygen atoms in total. The van der Waals surface area contributed by atoms with Crippen molar-refractivity contribution in [2.75, 3.05) is 5.32 Å². The van der Waals surface area contributed by atoms with Crippen molar-refractivity contribution < 1.29 is 9.90 Å². The first-order chi connectivity index (χ1) is 11.6. The van der Waals surface area contributed by atoms with E-state index in [4.69, 9.17) is 0 Å². The van der Waals surface area contributed by atoms with E-state index in [1.165, 1.54) is 0 Å². The van der Waals surface area contributed by atoms with Gasteiger partial charge >= 0.3 is 5.97 Å². The van der Waals surface area contributed by atoms with E-state index in [0.717, 1.165) is 22.2 Å². The zero-order valence-electron chi connectivity index (χ0n) is 12.6. The number of carboxylic acid groups (broad SMARTS) is 1. The number of aromatic carboxylic acids is 1. The SMILES string of the molecule is Cc1cc(Nc2nc3c(C(=O)O)[nH]nc3c3cnccc23)ccn1. The van der Waals surface area contributed by atoms with Crippen molar-refractivity contribution in [2.45, 2.75) is 6.92 Å². The van der Waals surface area contributed by atoms with Crippen molar-refractivity contribution >= 4 is 39.3 Å². The van der Waals surface area contributed by atoms with Gasteiger partial charge in [-0.25, -0.2) is 9.78 Å². The lowest BCUT2D eigenvalue weighted by molar-refractivity contribution is 0.0692. The van der Waals surface area contributed by atoms with Crippen molar-refractivity contribution in [1.82, 2.24) is 25.1 Å². The molecule has 118 valence electrons. The molecule has 4 aromatic heterocycles. The molecular formula is C16H12N6O2. The highest BCUT2D eigenvalue weighted by molar-refractivity contribution is 6.12. The van der Waals surface area contributed by atoms with Crippen molar-refractivity contribution in [3.8, 4) is 0 Å². The normalized spacial score (nSPS) is 11.0. The number of rotatable bonds is 3. The Hall–Kier alpha value is -3.55. The van der Waals surface area contributed by atoms with Crippen molar-refractivity contribution in [3.63, 3.8) is 0 Å². The number of carboxylic acids is 1. The van der Waals surface area contributed by atoms with Crippen LogP contribution in [0.5, 0.6) is 0 Å². The average Bonchev–Trinajstić information content (AvgIpc) is 2.99. The molecule has 8 heteroatoms. The number of hydrogen-bond donors (Lipinski definition) is 3. The maximum Gasteiger partial charge on any atom is 0.356 e. The van der Waals surface area contributed by atoms with Gasteiger partial charge in [-0.1, -0.05) is 0 Å². The van der Waals surface area contributed by atoms with Crippen LogP contribution in [-0.2, 0) is 0 Å². The van der Waals surface area contributed by atoms with E-state index >= 15 is 0 Å². The molecular weight excluding hydrogens is 308 g/mol. The van der Waals surface area contributed by atoms with Gasteiger partial charge in [0.25, 0.3) is 0 Å². The highest BCUT2D eigenvalue weighted by Gasteiger charge is 2.18. The summed E-state index contributed by atoms with van der Waals surface area (Å²) in [6.45, 7) is 1.89. The molecule has 0 unspecified atom stereocenters. The molecule has 0 aliphatic rings. The van der Waals surface area contributed by atoms with Crippen LogP contribution in [0.1, 0.15) is 16.2 Å². The number of nitrogens with zero attached hydrogens (tertiary/aromatic N) is 4. The zero-order chi connectivity index (χ0) is 16.7. The Kier molecular flexibility index (Phi) is 3.09. The summed E-state index contributed by atoms with van der Waals surface area (Å²) < 4.78 is 0. The average molecular weight is 320 g/mol. The van der Waals surface area contributed by atoms with E-state index < -0.39 is 5.97 Å². The summed E-state index contributed by atoms with van der Waals surface area (Å²) in [6.07, 6.45) is 5.00. The third-order valence-corrected chi connectivity index (χ3v) is 3.67. The second-order valence-corrected chi connectivity index (χ2v) is 5.29. The topological polar surface area (TPSA) is 117 Å². The van der Waals surface area contributed by atoms with Gasteiger partial charge in [0.1, 0.15) is 16.9 Å². The minimum atomic E-state index is -1.11. The molecule has 0 saturated heterocycles. The Balaban J connectivity index is 1.98. The van der Waals surface area contributed by atoms with Crippen molar-refractivity contribution in [1.29, 1.82) is 0 Å². The Morgan fingerprint density at radius 2 is 2.08 bits per heavy atom. The third kappa shape index (κ3) is 2.21. The largest absolute Gasteiger partial charge is 0.476 e. The quantitative estimate of drug-likeness (QED) is 0.531. The molecule has 4 heterocycles. The number of hydrogen-bond acceptors (Lipinski definition) is 6. The summed E-state index contributed by atoms with van der Waals surface area (Å²) in [5, 5.41) is 20.7. The number of fused-ring (bicyclic) bond motifs is 3. The molecule has 0 aliphatic heterocycles. The van der Waals surface area contributed by atoms with Crippen LogP contribution in [0.2, 0.25) is 0 Å². The van der Waals surface area contributed by atoms with Crippen LogP contribution in [0, 0.1) is 6.92 Å². The van der Waals surface area contributed by atoms with Gasteiger partial charge in [-0.05, 0) is 25.1 Å². The van der Waals surface area contributed by atoms with Gasteiger partial charge < -0.3 is 10.4 Å². The van der Waals surface area contributed by atoms with Crippen LogP contribution in [0.4, 0.5) is 11.5 Å². The zero-order valence-corrected chi connectivity index (χ0v) is 12.6. The molecule has 0 saturated carbocycles. The molecule has 4 rings (SSSR count). The van der Waals surface area contributed by atoms with E-state index in [-0.39, 0.29) is 11.2 Å². The maximum atomic E-state index is 11.4. The Labute approximate surface area is 135 Å². The first kappa shape index (κ1) is 14.1. The molecule has 0 aromatic carbocycles. The predicted octanol–water partition coefficient (Wildman–Crippen LogP) is 2.65. The lowest BCUT2D eigenvalue weighted by atomic mass is 10.1. The predicted molar refractivity (Wildman–Crippen MR) is 88.4 cm³/mol. The van der Waals surface area contributed by atoms with Crippen LogP contribution in [0.15, 0.2) is 36.8 Å². The van der Waals surface area contributed by atoms with Gasteiger partial charge in [-0.3, -0.25) is 15.1 Å². The smallest absolute Gasteiger partial charge is 0.356 e. The van der Waals surface area contributed by atoms with Crippen LogP contribution in [-0.4, -0.2) is 36.2 Å². The second-order valence-electron chi connectivity index (χ2n) is 5.29. The van der Waals surface area contributed by atoms with Crippen LogP contribution in [0.25, 0.3) is 21.8 Å². The van der Waals surface area contributed by atoms with E-state index in [0.29, 0.717) is 11.3 Å². The lowest BCUT2D eigenvalue weighted by Gasteiger charge is -2.09. The minimum absolute atomic E-state index is 0.0512. The summed E-state index contributed by atoms with van der Waals surface area (Å²) in [5.41, 5.74) is 2.39. The number of aromatic amines is 1. The Morgan fingerprint density at radius 3 is 2.88 bits per heavy atom. The molecule has 0 spiro atoms. The summed E-state index contributed by atoms with van der Waals surface area (Å²) in [4.78, 5) is 24.1. The van der Waals surface area contributed by atoms with E-state index in [1.54, 1.807) is 18.6 Å². The second kappa shape index (κ2) is 5.27. The molecule has 0 aliphatic carbocycles. The highest BCUT2D eigenvalue weighted by atomic mass is 16.4. The highest BCUT2D eigenvalue weighted by Crippen LogP contribution is 2.30. The third-order valence-electron chi connectivity index (χ3n) is 3.67. The minimum Gasteiger partial charge on any atom is -0.476 e. The van der Waals surface area contributed by atoms with Crippen LogP contribution >= 0.6 is 0 Å². The van der Waals surface area contributed by atoms with E-state index in [1.807, 2.05) is 25.1 Å². The van der Waals surface area contributed by atoms with Crippen LogP contribution < -0.4 is 5.32 Å². The van der Waals surface area contributed by atoms with E-state index in [2.05, 4.69) is 30.5 Å². The van der Waals surface area contributed by atoms with Crippen molar-refractivity contribution in [2.24, 2.45) is 0 Å². The first-order valence-corrected chi connectivity index (χ1v) is 7.18. The van der Waals surface area contributed by atoms with Gasteiger partial charge in [0, 0.05) is 40.7 Å². The van der Waals surface area contributed by atoms with Gasteiger partial charge in [-0.15, -0.1) is 0 Å². The van der Waals surface area contributed by atoms with Crippen LogP contribution in [0.3, 0.4) is 0 Å². The Morgan fingerprint density at radius 1 is 1.21 bits per heavy atom. The molecule has 24 heavy (non-hydrogen) atoms. The monoisotopic (exact) mass is 320 g/mol. The van der Waals surface area contributed by atoms with Gasteiger partial charge in [0.15, 0.2) is 5.69 Å². The molecule has 0 bridgehead atoms. The van der Waals surface area contributed by atoms with Crippen molar-refractivity contribution in [3.05, 3.63) is 48.2 Å². The molecule has 0 amide bonds. The maximum absolute atomic E-state index is 11.4. The van der Waals surface area contributed by atoms with Gasteiger partial charge in [0.05, 0.1) is 0 Å². The Bertz CT molecular complexity index is 1090. The number of nitrogens with one attached hydrogen (secondary N) is 2. The van der Waals surface area contributed by atoms with E-state index in [9.17, 15) is 9.90 Å². The molecule has 0 radical (unpaired) electrons. The molecule has 3 N–H and O–H groups in total. The fourth-order valence-corrected chi connectivity index (χ4v) is 2.60. The number of pyridine rings is 3. The number of aryl methyl sites for hydroxylation is 1. The van der Waals surface area contributed by atoms with Gasteiger partial charge in [-0.2, -0.15) is 5.10 Å². The summed E-state index contributed by atoms with van der Waals surface area (Å²) >= 11 is 0. The fraction of sp³-hybridized carbons (Fsp3) is 0.0625. The lowest BCUT2D eigenvalue weighted by Crippen LogP contribution is -2.00. The van der Waals surface area contributed by atoms with Gasteiger partial charge in [0.2, 0.25) is 0 Å². The summed E-state index contributed by atoms with van der Waals surface area (Å²) in [5.74, 6) is -0.576. The molecule has 0 atom stereocenters. The number of H-pyrrole nitrogens is 1. The summed E-state index contributed by atoms with van der Waals surface area (Å²) in [6, 6.07) is 5.51. The standard InChI is InChI=1S/C16H12N6O2/c1-8-6-9(2-5-18-8)19-15-10-3-4-17-7-11(10)12-13(20-15)14(16(23)24)22-21-12/h2-7H,1H3,(H,21,22)(H,23,24)(H,18,19,20). The summed E-state index contributed by atoms with van der Waals surface area (Å²) in [7, 11) is 0. The number of aromatic nitrogens is 5. The molecule has 0 fully saturated rings. The number of anilines is 2. The molecule has 4 aromatic rings. The number of carbonyl (C=O) groups is 1. The first-order valence-electron chi connectivity index (χ1n) is 7.18.